The van der Waals surface area contributed by atoms with E-state index in [4.69, 9.17) is 5.26 Å². The molecular weight excluding hydrogens is 357 g/mol. The second-order valence-electron chi connectivity index (χ2n) is 7.67. The Morgan fingerprint density at radius 2 is 1.55 bits per heavy atom. The van der Waals surface area contributed by atoms with E-state index in [1.54, 1.807) is 30.3 Å². The van der Waals surface area contributed by atoms with Crippen molar-refractivity contribution in [3.05, 3.63) is 83.7 Å². The van der Waals surface area contributed by atoms with Crippen LogP contribution in [0, 0.1) is 17.1 Å². The minimum absolute atomic E-state index is 0.238. The van der Waals surface area contributed by atoms with Crippen LogP contribution in [0.2, 0.25) is 0 Å². The minimum Gasteiger partial charge on any atom is -0.206 e. The fourth-order valence-corrected chi connectivity index (χ4v) is 3.99. The van der Waals surface area contributed by atoms with Gasteiger partial charge in [-0.3, -0.25) is 0 Å². The van der Waals surface area contributed by atoms with Crippen LogP contribution in [0.25, 0.3) is 32.7 Å². The fraction of sp³-hybridized carbons (Fsp3) is 0.222. The highest BCUT2D eigenvalue weighted by Crippen LogP contribution is 2.32. The molecule has 0 amide bonds. The van der Waals surface area contributed by atoms with Crippen molar-refractivity contribution in [2.45, 2.75) is 39.0 Å². The van der Waals surface area contributed by atoms with Gasteiger partial charge in [0.25, 0.3) is 0 Å². The molecule has 4 aromatic rings. The molecule has 0 bridgehead atoms. The molecule has 0 N–H and O–H groups in total. The molecule has 0 aromatic heterocycles. The van der Waals surface area contributed by atoms with E-state index in [0.29, 0.717) is 11.1 Å². The molecule has 144 valence electrons. The zero-order valence-corrected chi connectivity index (χ0v) is 16.7. The Balaban J connectivity index is 1.70. The van der Waals surface area contributed by atoms with Crippen LogP contribution in [0.5, 0.6) is 0 Å². The van der Waals surface area contributed by atoms with Crippen LogP contribution >= 0.6 is 0 Å². The van der Waals surface area contributed by atoms with Gasteiger partial charge in [0.2, 0.25) is 0 Å². The largest absolute Gasteiger partial charge is 0.206 e. The first-order valence-electron chi connectivity index (χ1n) is 10.3. The maximum absolute atomic E-state index is 15.0. The van der Waals surface area contributed by atoms with Gasteiger partial charge in [-0.15, -0.1) is 0 Å². The average molecular weight is 381 g/mol. The van der Waals surface area contributed by atoms with E-state index >= 15 is 0 Å². The van der Waals surface area contributed by atoms with E-state index in [1.165, 1.54) is 31.2 Å². The van der Waals surface area contributed by atoms with Crippen molar-refractivity contribution < 1.29 is 4.39 Å². The van der Waals surface area contributed by atoms with Crippen molar-refractivity contribution >= 4 is 21.5 Å². The third-order valence-electron chi connectivity index (χ3n) is 5.63. The zero-order valence-electron chi connectivity index (χ0n) is 16.7. The lowest BCUT2D eigenvalue weighted by molar-refractivity contribution is 0.633. The highest BCUT2D eigenvalue weighted by Gasteiger charge is 2.10. The Kier molecular flexibility index (Phi) is 5.58. The summed E-state index contributed by atoms with van der Waals surface area (Å²) in [6.45, 7) is 2.23. The number of nitrogens with zero attached hydrogens (tertiary/aromatic N) is 1. The van der Waals surface area contributed by atoms with Gasteiger partial charge < -0.3 is 0 Å². The SMILES string of the molecule is CCCCCCc1ccc2c(ccc3cc(-c4ccc(C#N)cc4)c(F)cc32)c1. The van der Waals surface area contributed by atoms with E-state index < -0.39 is 0 Å². The number of halogens is 1. The second-order valence-corrected chi connectivity index (χ2v) is 7.67. The lowest BCUT2D eigenvalue weighted by Crippen LogP contribution is -1.89. The molecule has 0 unspecified atom stereocenters. The summed E-state index contributed by atoms with van der Waals surface area (Å²) in [7, 11) is 0. The molecule has 4 aromatic carbocycles. The van der Waals surface area contributed by atoms with E-state index in [0.717, 1.165) is 33.5 Å². The van der Waals surface area contributed by atoms with Crippen LogP contribution in [0.15, 0.2) is 66.7 Å². The van der Waals surface area contributed by atoms with Gasteiger partial charge in [0.05, 0.1) is 11.6 Å². The fourth-order valence-electron chi connectivity index (χ4n) is 3.99. The number of fused-ring (bicyclic) bond motifs is 3. The van der Waals surface area contributed by atoms with Gasteiger partial charge in [-0.1, -0.05) is 68.7 Å². The maximum atomic E-state index is 15.0. The third kappa shape index (κ3) is 4.00. The van der Waals surface area contributed by atoms with E-state index in [1.807, 2.05) is 6.07 Å². The summed E-state index contributed by atoms with van der Waals surface area (Å²) in [6, 6.07) is 23.5. The molecule has 0 fully saturated rings. The number of hydrogen-bond donors (Lipinski definition) is 0. The van der Waals surface area contributed by atoms with Crippen LogP contribution in [-0.4, -0.2) is 0 Å². The molecule has 0 radical (unpaired) electrons. The van der Waals surface area contributed by atoms with Crippen molar-refractivity contribution in [3.8, 4) is 17.2 Å². The van der Waals surface area contributed by atoms with Crippen LogP contribution in [-0.2, 0) is 6.42 Å². The molecule has 0 aliphatic carbocycles. The molecule has 1 nitrogen and oxygen atoms in total. The third-order valence-corrected chi connectivity index (χ3v) is 5.63. The quantitative estimate of drug-likeness (QED) is 0.247. The van der Waals surface area contributed by atoms with Crippen molar-refractivity contribution in [3.63, 3.8) is 0 Å². The van der Waals surface area contributed by atoms with Gasteiger partial charge in [-0.05, 0) is 69.8 Å². The Morgan fingerprint density at radius 1 is 0.793 bits per heavy atom. The van der Waals surface area contributed by atoms with Crippen LogP contribution in [0.1, 0.15) is 43.7 Å². The summed E-state index contributed by atoms with van der Waals surface area (Å²) in [6.07, 6.45) is 6.13. The predicted molar refractivity (Wildman–Crippen MR) is 119 cm³/mol. The highest BCUT2D eigenvalue weighted by molar-refractivity contribution is 6.08. The van der Waals surface area contributed by atoms with Gasteiger partial charge in [-0.25, -0.2) is 4.39 Å². The van der Waals surface area contributed by atoms with Crippen LogP contribution in [0.3, 0.4) is 0 Å². The number of nitriles is 1. The highest BCUT2D eigenvalue weighted by atomic mass is 19.1. The monoisotopic (exact) mass is 381 g/mol. The van der Waals surface area contributed by atoms with Crippen molar-refractivity contribution in [1.82, 2.24) is 0 Å². The van der Waals surface area contributed by atoms with Crippen LogP contribution in [0.4, 0.5) is 4.39 Å². The summed E-state index contributed by atoms with van der Waals surface area (Å²) < 4.78 is 15.0. The standard InChI is InChI=1S/C27H24FN/c1-2-3-4-5-6-19-9-14-24-22(15-19)12-13-23-16-26(27(28)17-25(23)24)21-10-7-20(18-29)8-11-21/h7-17H,2-6H2,1H3. The average Bonchev–Trinajstić information content (AvgIpc) is 2.76. The van der Waals surface area contributed by atoms with Gasteiger partial charge in [0.15, 0.2) is 0 Å². The second kappa shape index (κ2) is 8.45. The van der Waals surface area contributed by atoms with Gasteiger partial charge in [0.1, 0.15) is 5.82 Å². The van der Waals surface area contributed by atoms with Gasteiger partial charge in [0, 0.05) is 5.56 Å². The normalized spacial score (nSPS) is 11.1. The Morgan fingerprint density at radius 3 is 2.28 bits per heavy atom. The van der Waals surface area contributed by atoms with Crippen molar-refractivity contribution in [2.75, 3.05) is 0 Å². The van der Waals surface area contributed by atoms with E-state index in [9.17, 15) is 4.39 Å². The van der Waals surface area contributed by atoms with Gasteiger partial charge >= 0.3 is 0 Å². The van der Waals surface area contributed by atoms with Crippen molar-refractivity contribution in [1.29, 1.82) is 5.26 Å². The smallest absolute Gasteiger partial charge is 0.131 e. The van der Waals surface area contributed by atoms with E-state index in [-0.39, 0.29) is 5.82 Å². The summed E-state index contributed by atoms with van der Waals surface area (Å²) >= 11 is 0. The molecule has 0 heterocycles. The number of rotatable bonds is 6. The first-order chi connectivity index (χ1) is 14.2. The summed E-state index contributed by atoms with van der Waals surface area (Å²) in [5.41, 5.74) is 3.27. The Hall–Kier alpha value is -3.18. The van der Waals surface area contributed by atoms with E-state index in [2.05, 4.69) is 43.3 Å². The Bertz CT molecular complexity index is 1200. The lowest BCUT2D eigenvalue weighted by atomic mass is 9.95. The van der Waals surface area contributed by atoms with Gasteiger partial charge in [-0.2, -0.15) is 5.26 Å². The number of hydrogen-bond acceptors (Lipinski definition) is 1. The molecule has 0 saturated carbocycles. The topological polar surface area (TPSA) is 23.8 Å². The summed E-state index contributed by atoms with van der Waals surface area (Å²) in [5, 5.41) is 13.2. The summed E-state index contributed by atoms with van der Waals surface area (Å²) in [4.78, 5) is 0. The Labute approximate surface area is 171 Å². The lowest BCUT2D eigenvalue weighted by Gasteiger charge is -2.10. The van der Waals surface area contributed by atoms with Crippen LogP contribution < -0.4 is 0 Å². The first kappa shape index (κ1) is 19.2. The minimum atomic E-state index is -0.238. The molecule has 0 spiro atoms. The number of unbranched alkanes of at least 4 members (excludes halogenated alkanes) is 3. The predicted octanol–water partition coefficient (Wildman–Crippen LogP) is 7.79. The van der Waals surface area contributed by atoms with Crippen molar-refractivity contribution in [2.24, 2.45) is 0 Å². The molecule has 4 rings (SSSR count). The first-order valence-corrected chi connectivity index (χ1v) is 10.3. The molecule has 0 aliphatic heterocycles. The maximum Gasteiger partial charge on any atom is 0.131 e. The molecule has 29 heavy (non-hydrogen) atoms. The number of aryl methyl sites for hydroxylation is 1. The number of benzene rings is 4. The zero-order chi connectivity index (χ0) is 20.2. The summed E-state index contributed by atoms with van der Waals surface area (Å²) in [5.74, 6) is -0.238. The molecular formula is C27H24FN. The molecule has 2 heteroatoms. The molecule has 0 saturated heterocycles. The molecule has 0 aliphatic rings. The molecule has 0 atom stereocenters.